The number of piperazine rings is 1. The smallest absolute Gasteiger partial charge is 0.416 e. The summed E-state index contributed by atoms with van der Waals surface area (Å²) < 4.78 is 54.0. The van der Waals surface area contributed by atoms with Gasteiger partial charge >= 0.3 is 6.18 Å². The van der Waals surface area contributed by atoms with Crippen molar-refractivity contribution in [2.45, 2.75) is 19.6 Å². The number of carbonyl (C=O) groups is 1. The molecule has 0 spiro atoms. The van der Waals surface area contributed by atoms with Crippen LogP contribution in [0.4, 0.5) is 24.7 Å². The predicted octanol–water partition coefficient (Wildman–Crippen LogP) is 5.52. The highest BCUT2D eigenvalue weighted by Crippen LogP contribution is 2.36. The van der Waals surface area contributed by atoms with Crippen molar-refractivity contribution in [3.05, 3.63) is 77.0 Å². The van der Waals surface area contributed by atoms with Crippen molar-refractivity contribution in [2.24, 2.45) is 0 Å². The molecule has 2 fully saturated rings. The molecule has 0 saturated carbocycles. The normalized spacial score (nSPS) is 16.8. The molecular formula is C32H35F3N6O3. The third-order valence-corrected chi connectivity index (χ3v) is 8.16. The number of aryl methyl sites for hydroxylation is 1. The SMILES string of the molecule is Cc1ccc(Oc2cc(N3CCOCC3)nc3[nH]ccc23)cc1C(=O)Nc1ccc(CN2CCN(C)CC2)c(C(F)(F)F)c1. The maximum atomic E-state index is 14.1. The van der Waals surface area contributed by atoms with E-state index in [1.165, 1.54) is 12.1 Å². The minimum Gasteiger partial charge on any atom is -0.456 e. The standard InChI is InChI=1S/C32H35F3N6O3/c1-21-3-6-24(44-28-19-29(41-13-15-43-16-14-41)38-30-25(28)7-8-36-30)18-26(21)31(42)37-23-5-4-22(27(17-23)32(33,34)35)20-40-11-9-39(2)10-12-40/h3-8,17-19H,9-16,20H2,1-2H3,(H,36,38)(H,37,42). The fourth-order valence-electron chi connectivity index (χ4n) is 5.57. The fraction of sp³-hybridized carbons (Fsp3) is 0.375. The molecule has 6 rings (SSSR count). The molecule has 12 heteroatoms. The molecule has 0 unspecified atom stereocenters. The second kappa shape index (κ2) is 12.5. The number of carbonyl (C=O) groups excluding carboxylic acids is 1. The number of hydrogen-bond acceptors (Lipinski definition) is 7. The van der Waals surface area contributed by atoms with Crippen LogP contribution in [0.25, 0.3) is 11.0 Å². The second-order valence-corrected chi connectivity index (χ2v) is 11.3. The van der Waals surface area contributed by atoms with Crippen molar-refractivity contribution < 1.29 is 27.4 Å². The van der Waals surface area contributed by atoms with E-state index in [1.54, 1.807) is 31.3 Å². The van der Waals surface area contributed by atoms with E-state index >= 15 is 0 Å². The molecule has 0 radical (unpaired) electrons. The molecule has 4 aromatic rings. The number of fused-ring (bicyclic) bond motifs is 1. The molecule has 2 aliphatic heterocycles. The molecule has 0 aliphatic carbocycles. The number of H-pyrrole nitrogens is 1. The number of nitrogens with zero attached hydrogens (tertiary/aromatic N) is 4. The molecule has 0 bridgehead atoms. The Hall–Kier alpha value is -4.13. The lowest BCUT2D eigenvalue weighted by Gasteiger charge is -2.33. The van der Waals surface area contributed by atoms with Crippen LogP contribution in [0, 0.1) is 6.92 Å². The minimum absolute atomic E-state index is 0.0773. The maximum absolute atomic E-state index is 14.1. The second-order valence-electron chi connectivity index (χ2n) is 11.3. The van der Waals surface area contributed by atoms with E-state index in [4.69, 9.17) is 14.5 Å². The van der Waals surface area contributed by atoms with Crippen LogP contribution >= 0.6 is 0 Å². The zero-order valence-electron chi connectivity index (χ0n) is 24.7. The van der Waals surface area contributed by atoms with E-state index in [0.717, 1.165) is 30.4 Å². The van der Waals surface area contributed by atoms with Crippen LogP contribution in [-0.2, 0) is 17.5 Å². The van der Waals surface area contributed by atoms with Crippen molar-refractivity contribution in [1.82, 2.24) is 19.8 Å². The summed E-state index contributed by atoms with van der Waals surface area (Å²) in [6, 6.07) is 12.9. The fourth-order valence-corrected chi connectivity index (χ4v) is 5.57. The first-order valence-corrected chi connectivity index (χ1v) is 14.7. The Morgan fingerprint density at radius 2 is 1.80 bits per heavy atom. The van der Waals surface area contributed by atoms with Crippen LogP contribution in [-0.4, -0.2) is 85.2 Å². The Labute approximate surface area is 253 Å². The molecule has 44 heavy (non-hydrogen) atoms. The zero-order valence-corrected chi connectivity index (χ0v) is 24.7. The minimum atomic E-state index is -4.56. The summed E-state index contributed by atoms with van der Waals surface area (Å²) in [5.41, 5.74) is 1.15. The number of pyridine rings is 1. The average molecular weight is 609 g/mol. The van der Waals surface area contributed by atoms with Gasteiger partial charge in [-0.2, -0.15) is 13.2 Å². The number of alkyl halides is 3. The topological polar surface area (TPSA) is 86.0 Å². The van der Waals surface area contributed by atoms with Gasteiger partial charge in [-0.05, 0) is 55.4 Å². The van der Waals surface area contributed by atoms with E-state index < -0.39 is 17.6 Å². The molecule has 232 valence electrons. The summed E-state index contributed by atoms with van der Waals surface area (Å²) in [4.78, 5) is 27.5. The lowest BCUT2D eigenvalue weighted by molar-refractivity contribution is -0.138. The third-order valence-electron chi connectivity index (χ3n) is 8.16. The lowest BCUT2D eigenvalue weighted by Crippen LogP contribution is -2.44. The number of nitrogens with one attached hydrogen (secondary N) is 2. The van der Waals surface area contributed by atoms with Gasteiger partial charge in [-0.1, -0.05) is 12.1 Å². The van der Waals surface area contributed by atoms with Crippen molar-refractivity contribution in [1.29, 1.82) is 0 Å². The Bertz CT molecular complexity index is 1640. The predicted molar refractivity (Wildman–Crippen MR) is 163 cm³/mol. The zero-order chi connectivity index (χ0) is 30.8. The number of morpholine rings is 1. The highest BCUT2D eigenvalue weighted by Gasteiger charge is 2.34. The lowest BCUT2D eigenvalue weighted by atomic mass is 10.0. The van der Waals surface area contributed by atoms with Gasteiger partial charge in [0.1, 0.15) is 23.0 Å². The highest BCUT2D eigenvalue weighted by molar-refractivity contribution is 6.05. The monoisotopic (exact) mass is 608 g/mol. The van der Waals surface area contributed by atoms with Crippen LogP contribution < -0.4 is 15.0 Å². The number of anilines is 2. The molecule has 2 N–H and O–H groups in total. The number of rotatable bonds is 7. The molecule has 1 amide bonds. The van der Waals surface area contributed by atoms with Crippen molar-refractivity contribution in [2.75, 3.05) is 69.7 Å². The largest absolute Gasteiger partial charge is 0.456 e. The molecule has 2 aromatic carbocycles. The van der Waals surface area contributed by atoms with E-state index in [-0.39, 0.29) is 17.8 Å². The number of benzene rings is 2. The van der Waals surface area contributed by atoms with Gasteiger partial charge in [-0.3, -0.25) is 9.69 Å². The summed E-state index contributed by atoms with van der Waals surface area (Å²) in [7, 11) is 2.00. The number of aromatic amines is 1. The Balaban J connectivity index is 1.22. The number of likely N-dealkylation sites (N-methyl/N-ethyl adjacent to an activating group) is 1. The molecule has 2 aliphatic rings. The van der Waals surface area contributed by atoms with Crippen LogP contribution in [0.3, 0.4) is 0 Å². The quantitative estimate of drug-likeness (QED) is 0.286. The van der Waals surface area contributed by atoms with Gasteiger partial charge in [0.05, 0.1) is 24.2 Å². The van der Waals surface area contributed by atoms with E-state index in [9.17, 15) is 18.0 Å². The Morgan fingerprint density at radius 1 is 1.02 bits per heavy atom. The average Bonchev–Trinajstić information content (AvgIpc) is 3.49. The van der Waals surface area contributed by atoms with Crippen molar-refractivity contribution >= 4 is 28.4 Å². The summed E-state index contributed by atoms with van der Waals surface area (Å²) in [5, 5.41) is 3.45. The molecule has 9 nitrogen and oxygen atoms in total. The van der Waals surface area contributed by atoms with E-state index in [2.05, 4.69) is 20.1 Å². The van der Waals surface area contributed by atoms with Gasteiger partial charge in [0.25, 0.3) is 5.91 Å². The van der Waals surface area contributed by atoms with Gasteiger partial charge in [-0.25, -0.2) is 4.98 Å². The third kappa shape index (κ3) is 6.67. The number of aromatic nitrogens is 2. The van der Waals surface area contributed by atoms with Gasteiger partial charge < -0.3 is 29.6 Å². The molecule has 2 saturated heterocycles. The summed E-state index contributed by atoms with van der Waals surface area (Å²) in [5.74, 6) is 1.21. The van der Waals surface area contributed by atoms with Gasteiger partial charge in [0.2, 0.25) is 0 Å². The number of hydrogen-bond donors (Lipinski definition) is 2. The van der Waals surface area contributed by atoms with E-state index in [1.807, 2.05) is 24.1 Å². The first kappa shape index (κ1) is 29.9. The summed E-state index contributed by atoms with van der Waals surface area (Å²) >= 11 is 0. The van der Waals surface area contributed by atoms with Gasteiger partial charge in [-0.15, -0.1) is 0 Å². The Morgan fingerprint density at radius 3 is 2.55 bits per heavy atom. The molecular weight excluding hydrogens is 573 g/mol. The molecule has 0 atom stereocenters. The highest BCUT2D eigenvalue weighted by atomic mass is 19.4. The van der Waals surface area contributed by atoms with E-state index in [0.29, 0.717) is 67.7 Å². The van der Waals surface area contributed by atoms with Crippen LogP contribution in [0.1, 0.15) is 27.0 Å². The summed E-state index contributed by atoms with van der Waals surface area (Å²) in [6.45, 7) is 7.63. The molecule has 2 aromatic heterocycles. The number of ether oxygens (including phenoxy) is 2. The van der Waals surface area contributed by atoms with Crippen LogP contribution in [0.15, 0.2) is 54.7 Å². The van der Waals surface area contributed by atoms with Crippen LogP contribution in [0.5, 0.6) is 11.5 Å². The van der Waals surface area contributed by atoms with Crippen molar-refractivity contribution in [3.8, 4) is 11.5 Å². The van der Waals surface area contributed by atoms with Crippen molar-refractivity contribution in [3.63, 3.8) is 0 Å². The summed E-state index contributed by atoms with van der Waals surface area (Å²) in [6.07, 6.45) is -2.77. The van der Waals surface area contributed by atoms with Gasteiger partial charge in [0, 0.05) is 69.3 Å². The first-order chi connectivity index (χ1) is 21.1. The van der Waals surface area contributed by atoms with Crippen LogP contribution in [0.2, 0.25) is 0 Å². The number of halogens is 3. The maximum Gasteiger partial charge on any atom is 0.416 e. The van der Waals surface area contributed by atoms with Gasteiger partial charge in [0.15, 0.2) is 0 Å². The first-order valence-electron chi connectivity index (χ1n) is 14.7. The number of amides is 1. The molecule has 4 heterocycles. The Kier molecular flexibility index (Phi) is 8.48.